The van der Waals surface area contributed by atoms with Crippen LogP contribution in [0.5, 0.6) is 5.75 Å². The Bertz CT molecular complexity index is 861. The van der Waals surface area contributed by atoms with Gasteiger partial charge in [0.15, 0.2) is 6.23 Å². The molecule has 3 heterocycles. The first-order chi connectivity index (χ1) is 12.6. The van der Waals surface area contributed by atoms with Crippen LogP contribution in [0.3, 0.4) is 0 Å². The van der Waals surface area contributed by atoms with Gasteiger partial charge >= 0.3 is 0 Å². The van der Waals surface area contributed by atoms with Crippen LogP contribution in [-0.4, -0.2) is 24.1 Å². The Balaban J connectivity index is 1.62. The molecule has 0 saturated carbocycles. The predicted molar refractivity (Wildman–Crippen MR) is 103 cm³/mol. The second kappa shape index (κ2) is 5.58. The summed E-state index contributed by atoms with van der Waals surface area (Å²) < 4.78 is 12.7. The molecule has 134 valence electrons. The lowest BCUT2D eigenvalue weighted by Crippen LogP contribution is -2.58. The molecular weight excluding hydrogens is 324 g/mol. The van der Waals surface area contributed by atoms with Crippen LogP contribution in [0.25, 0.3) is 0 Å². The van der Waals surface area contributed by atoms with Gasteiger partial charge in [0, 0.05) is 17.5 Å². The molecule has 2 aromatic carbocycles. The lowest BCUT2D eigenvalue weighted by Gasteiger charge is -2.52. The van der Waals surface area contributed by atoms with Crippen molar-refractivity contribution in [3.8, 4) is 5.75 Å². The molecule has 0 spiro atoms. The maximum atomic E-state index is 6.65. The Hall–Kier alpha value is -2.33. The Morgan fingerprint density at radius 3 is 2.54 bits per heavy atom. The summed E-state index contributed by atoms with van der Waals surface area (Å²) in [6, 6.07) is 18.8. The Labute approximate surface area is 154 Å². The zero-order chi connectivity index (χ0) is 17.9. The number of para-hydroxylation sites is 2. The van der Waals surface area contributed by atoms with Gasteiger partial charge in [0.2, 0.25) is 0 Å². The van der Waals surface area contributed by atoms with Crippen molar-refractivity contribution in [3.63, 3.8) is 0 Å². The zero-order valence-corrected chi connectivity index (χ0v) is 15.4. The van der Waals surface area contributed by atoms with Gasteiger partial charge in [-0.25, -0.2) is 5.01 Å². The van der Waals surface area contributed by atoms with Crippen LogP contribution in [0.4, 0.5) is 5.69 Å². The van der Waals surface area contributed by atoms with E-state index in [2.05, 4.69) is 56.1 Å². The van der Waals surface area contributed by atoms with Crippen LogP contribution in [-0.2, 0) is 4.74 Å². The minimum Gasteiger partial charge on any atom is -0.493 e. The van der Waals surface area contributed by atoms with Crippen LogP contribution >= 0.6 is 0 Å². The van der Waals surface area contributed by atoms with Crippen molar-refractivity contribution in [2.75, 3.05) is 11.6 Å². The quantitative estimate of drug-likeness (QED) is 0.765. The molecule has 0 unspecified atom stereocenters. The molecule has 4 nitrogen and oxygen atoms in total. The topological polar surface area (TPSA) is 34.1 Å². The van der Waals surface area contributed by atoms with E-state index < -0.39 is 0 Å². The van der Waals surface area contributed by atoms with Crippen LogP contribution in [0.2, 0.25) is 0 Å². The van der Waals surface area contributed by atoms with Crippen molar-refractivity contribution in [1.29, 1.82) is 0 Å². The standard InChI is InChI=1S/C22H24N2O2/c1-14-19-20-16-11-7-8-12-18(16)25-13-17(20)22(2,3)26-21(19)24(23-14)15-9-5-4-6-10-15/h4-12,17,19-21H,13H2,1-3H3/t17-,19-,20+,21-/m1/s1. The smallest absolute Gasteiger partial charge is 0.160 e. The molecular formula is C22H24N2O2. The molecule has 0 amide bonds. The summed E-state index contributed by atoms with van der Waals surface area (Å²) in [4.78, 5) is 0. The van der Waals surface area contributed by atoms with Gasteiger partial charge in [-0.1, -0.05) is 36.4 Å². The Morgan fingerprint density at radius 2 is 1.73 bits per heavy atom. The molecule has 4 atom stereocenters. The molecule has 3 aliphatic rings. The molecule has 2 aromatic rings. The van der Waals surface area contributed by atoms with Crippen molar-refractivity contribution < 1.29 is 9.47 Å². The van der Waals surface area contributed by atoms with Gasteiger partial charge < -0.3 is 9.47 Å². The largest absolute Gasteiger partial charge is 0.493 e. The number of anilines is 1. The van der Waals surface area contributed by atoms with Crippen molar-refractivity contribution in [3.05, 3.63) is 60.2 Å². The third kappa shape index (κ3) is 2.21. The summed E-state index contributed by atoms with van der Waals surface area (Å²) in [6.07, 6.45) is -0.0835. The van der Waals surface area contributed by atoms with E-state index in [0.717, 1.165) is 17.1 Å². The Kier molecular flexibility index (Phi) is 3.41. The van der Waals surface area contributed by atoms with Crippen LogP contribution in [0, 0.1) is 11.8 Å². The van der Waals surface area contributed by atoms with E-state index in [0.29, 0.717) is 18.4 Å². The SMILES string of the molecule is CC1=NN(c2ccccc2)[C@@H]2OC(C)(C)[C@@H]3COc4ccccc4[C@@H]3[C@@H]12. The van der Waals surface area contributed by atoms with Crippen LogP contribution in [0.15, 0.2) is 59.7 Å². The summed E-state index contributed by atoms with van der Waals surface area (Å²) in [5, 5.41) is 6.98. The second-order valence-corrected chi connectivity index (χ2v) is 8.04. The van der Waals surface area contributed by atoms with E-state index in [1.54, 1.807) is 0 Å². The van der Waals surface area contributed by atoms with Crippen LogP contribution < -0.4 is 9.75 Å². The van der Waals surface area contributed by atoms with E-state index in [9.17, 15) is 0 Å². The number of benzene rings is 2. The third-order valence-electron chi connectivity index (χ3n) is 6.15. The fourth-order valence-electron chi connectivity index (χ4n) is 4.86. The van der Waals surface area contributed by atoms with Gasteiger partial charge in [-0.3, -0.25) is 0 Å². The molecule has 0 radical (unpaired) electrons. The second-order valence-electron chi connectivity index (χ2n) is 8.04. The van der Waals surface area contributed by atoms with Crippen molar-refractivity contribution in [1.82, 2.24) is 0 Å². The molecule has 1 fully saturated rings. The monoisotopic (exact) mass is 348 g/mol. The van der Waals surface area contributed by atoms with E-state index >= 15 is 0 Å². The summed E-state index contributed by atoms with van der Waals surface area (Å²) in [6.45, 7) is 7.21. The lowest BCUT2D eigenvalue weighted by molar-refractivity contribution is -0.172. The fraction of sp³-hybridized carbons (Fsp3) is 0.409. The average Bonchev–Trinajstić information content (AvgIpc) is 2.97. The summed E-state index contributed by atoms with van der Waals surface area (Å²) in [7, 11) is 0. The average molecular weight is 348 g/mol. The first-order valence-electron chi connectivity index (χ1n) is 9.35. The highest BCUT2D eigenvalue weighted by molar-refractivity contribution is 5.90. The van der Waals surface area contributed by atoms with E-state index in [-0.39, 0.29) is 17.7 Å². The highest BCUT2D eigenvalue weighted by Gasteiger charge is 2.57. The molecule has 5 rings (SSSR count). The number of rotatable bonds is 1. The molecule has 1 saturated heterocycles. The first kappa shape index (κ1) is 15.9. The molecule has 0 aliphatic carbocycles. The van der Waals surface area contributed by atoms with Gasteiger partial charge in [-0.2, -0.15) is 5.10 Å². The molecule has 0 N–H and O–H groups in total. The van der Waals surface area contributed by atoms with Gasteiger partial charge in [-0.05, 0) is 44.5 Å². The van der Waals surface area contributed by atoms with Gasteiger partial charge in [0.05, 0.1) is 23.8 Å². The third-order valence-corrected chi connectivity index (χ3v) is 6.15. The van der Waals surface area contributed by atoms with E-state index in [1.165, 1.54) is 5.56 Å². The fourth-order valence-corrected chi connectivity index (χ4v) is 4.86. The van der Waals surface area contributed by atoms with Crippen LogP contribution in [0.1, 0.15) is 32.3 Å². The van der Waals surface area contributed by atoms with Crippen molar-refractivity contribution in [2.45, 2.75) is 38.5 Å². The minimum absolute atomic E-state index is 0.0835. The number of nitrogens with zero attached hydrogens (tertiary/aromatic N) is 2. The molecule has 0 bridgehead atoms. The highest BCUT2D eigenvalue weighted by atomic mass is 16.5. The number of ether oxygens (including phenoxy) is 2. The predicted octanol–water partition coefficient (Wildman–Crippen LogP) is 4.43. The maximum Gasteiger partial charge on any atom is 0.160 e. The summed E-state index contributed by atoms with van der Waals surface area (Å²) in [5.74, 6) is 1.90. The number of hydrogen-bond donors (Lipinski definition) is 0. The van der Waals surface area contributed by atoms with Crippen molar-refractivity contribution >= 4 is 11.4 Å². The molecule has 3 aliphatic heterocycles. The van der Waals surface area contributed by atoms with E-state index in [4.69, 9.17) is 14.6 Å². The normalized spacial score (nSPS) is 31.3. The molecule has 4 heteroatoms. The lowest BCUT2D eigenvalue weighted by atomic mass is 9.65. The van der Waals surface area contributed by atoms with Gasteiger partial charge in [0.25, 0.3) is 0 Å². The van der Waals surface area contributed by atoms with E-state index in [1.807, 2.05) is 24.3 Å². The zero-order valence-electron chi connectivity index (χ0n) is 15.4. The molecule has 26 heavy (non-hydrogen) atoms. The Morgan fingerprint density at radius 1 is 1.00 bits per heavy atom. The maximum absolute atomic E-state index is 6.65. The minimum atomic E-state index is -0.285. The molecule has 0 aromatic heterocycles. The van der Waals surface area contributed by atoms with Gasteiger partial charge in [-0.15, -0.1) is 0 Å². The highest BCUT2D eigenvalue weighted by Crippen LogP contribution is 2.54. The summed E-state index contributed by atoms with van der Waals surface area (Å²) in [5.41, 5.74) is 3.22. The first-order valence-corrected chi connectivity index (χ1v) is 9.35. The number of hydrazone groups is 1. The van der Waals surface area contributed by atoms with Gasteiger partial charge in [0.1, 0.15) is 5.75 Å². The number of fused-ring (bicyclic) bond motifs is 5. The van der Waals surface area contributed by atoms with Crippen molar-refractivity contribution in [2.24, 2.45) is 16.9 Å². The number of hydrogen-bond acceptors (Lipinski definition) is 4. The summed E-state index contributed by atoms with van der Waals surface area (Å²) >= 11 is 0.